The summed E-state index contributed by atoms with van der Waals surface area (Å²) < 4.78 is 5.19. The molecule has 2 atom stereocenters. The predicted molar refractivity (Wildman–Crippen MR) is 86.2 cm³/mol. The molecule has 0 aromatic carbocycles. The third-order valence-electron chi connectivity index (χ3n) is 4.13. The maximum atomic E-state index is 12.4. The smallest absolute Gasteiger partial charge is 0.252 e. The maximum Gasteiger partial charge on any atom is 0.252 e. The van der Waals surface area contributed by atoms with Crippen LogP contribution in [0.1, 0.15) is 58.8 Å². The Morgan fingerprint density at radius 1 is 1.45 bits per heavy atom. The van der Waals surface area contributed by atoms with E-state index in [-0.39, 0.29) is 11.9 Å². The molecule has 1 amide bonds. The van der Waals surface area contributed by atoms with Gasteiger partial charge in [-0.2, -0.15) is 0 Å². The predicted octanol–water partition coefficient (Wildman–Crippen LogP) is 3.46. The summed E-state index contributed by atoms with van der Waals surface area (Å²) in [6.07, 6.45) is 5.77. The van der Waals surface area contributed by atoms with E-state index in [1.54, 1.807) is 29.7 Å². The summed E-state index contributed by atoms with van der Waals surface area (Å²) in [5, 5.41) is 15.0. The van der Waals surface area contributed by atoms with Gasteiger partial charge in [-0.15, -0.1) is 11.3 Å². The van der Waals surface area contributed by atoms with Gasteiger partial charge in [0.2, 0.25) is 0 Å². The Morgan fingerprint density at radius 2 is 2.27 bits per heavy atom. The molecule has 0 saturated heterocycles. The molecule has 22 heavy (non-hydrogen) atoms. The number of furan rings is 1. The molecule has 2 aromatic heterocycles. The van der Waals surface area contributed by atoms with Crippen LogP contribution in [0.25, 0.3) is 0 Å². The number of aliphatic hydroxyl groups excluding tert-OH is 1. The van der Waals surface area contributed by atoms with Crippen molar-refractivity contribution < 1.29 is 14.3 Å². The molecule has 1 aliphatic rings. The minimum Gasteiger partial charge on any atom is -0.467 e. The van der Waals surface area contributed by atoms with Crippen molar-refractivity contribution >= 4 is 17.2 Å². The van der Waals surface area contributed by atoms with E-state index in [1.807, 2.05) is 12.3 Å². The minimum atomic E-state index is -0.693. The van der Waals surface area contributed by atoms with E-state index in [2.05, 4.69) is 5.32 Å². The number of aliphatic hydroxyl groups is 1. The molecule has 0 bridgehead atoms. The summed E-state index contributed by atoms with van der Waals surface area (Å²) in [5.41, 5.74) is 2.05. The van der Waals surface area contributed by atoms with Gasteiger partial charge < -0.3 is 14.8 Å². The zero-order valence-corrected chi connectivity index (χ0v) is 13.5. The Bertz CT molecular complexity index is 632. The largest absolute Gasteiger partial charge is 0.467 e. The van der Waals surface area contributed by atoms with Crippen LogP contribution in [0.5, 0.6) is 0 Å². The number of carbonyl (C=O) groups is 1. The normalized spacial score (nSPS) is 16.8. The van der Waals surface area contributed by atoms with Crippen molar-refractivity contribution in [2.45, 2.75) is 51.2 Å². The van der Waals surface area contributed by atoms with E-state index in [0.29, 0.717) is 12.2 Å². The zero-order chi connectivity index (χ0) is 15.5. The van der Waals surface area contributed by atoms with Crippen LogP contribution in [0, 0.1) is 0 Å². The first-order valence-corrected chi connectivity index (χ1v) is 8.64. The zero-order valence-electron chi connectivity index (χ0n) is 12.7. The monoisotopic (exact) mass is 319 g/mol. The summed E-state index contributed by atoms with van der Waals surface area (Å²) >= 11 is 1.69. The number of hydrogen-bond acceptors (Lipinski definition) is 4. The van der Waals surface area contributed by atoms with Crippen LogP contribution in [-0.4, -0.2) is 17.1 Å². The van der Waals surface area contributed by atoms with Crippen LogP contribution in [0.3, 0.4) is 0 Å². The van der Waals surface area contributed by atoms with Gasteiger partial charge in [0.25, 0.3) is 5.91 Å². The van der Waals surface area contributed by atoms with Crippen molar-refractivity contribution in [1.82, 2.24) is 5.32 Å². The van der Waals surface area contributed by atoms with Crippen LogP contribution >= 0.6 is 11.3 Å². The molecule has 2 unspecified atom stereocenters. The molecule has 1 aliphatic carbocycles. The Morgan fingerprint density at radius 3 is 3.05 bits per heavy atom. The van der Waals surface area contributed by atoms with Gasteiger partial charge in [0.15, 0.2) is 0 Å². The van der Waals surface area contributed by atoms with Crippen molar-refractivity contribution in [2.75, 3.05) is 0 Å². The van der Waals surface area contributed by atoms with Crippen molar-refractivity contribution in [2.24, 2.45) is 0 Å². The third kappa shape index (κ3) is 3.25. The lowest BCUT2D eigenvalue weighted by Gasteiger charge is -2.18. The number of thiophene rings is 1. The van der Waals surface area contributed by atoms with Gasteiger partial charge in [-0.05, 0) is 50.3 Å². The standard InChI is InChI=1S/C17H21NO3S/c1-11(9-14(19)15-6-4-8-21-15)18-17(20)13-10-22-16-7-3-2-5-12(13)16/h4,6,8,10-11,14,19H,2-3,5,7,9H2,1H3,(H,18,20). The number of aryl methyl sites for hydroxylation is 1. The highest BCUT2D eigenvalue weighted by atomic mass is 32.1. The molecule has 0 fully saturated rings. The summed E-state index contributed by atoms with van der Waals surface area (Å²) in [7, 11) is 0. The number of amides is 1. The molecule has 4 nitrogen and oxygen atoms in total. The highest BCUT2D eigenvalue weighted by Crippen LogP contribution is 2.30. The Hall–Kier alpha value is -1.59. The van der Waals surface area contributed by atoms with E-state index in [0.717, 1.165) is 24.8 Å². The first-order chi connectivity index (χ1) is 10.6. The highest BCUT2D eigenvalue weighted by molar-refractivity contribution is 7.10. The SMILES string of the molecule is CC(CC(O)c1ccco1)NC(=O)c1csc2c1CCCC2. The van der Waals surface area contributed by atoms with Gasteiger partial charge in [0.05, 0.1) is 11.8 Å². The fraction of sp³-hybridized carbons (Fsp3) is 0.471. The summed E-state index contributed by atoms with van der Waals surface area (Å²) in [5.74, 6) is 0.507. The van der Waals surface area contributed by atoms with E-state index >= 15 is 0 Å². The molecule has 2 aromatic rings. The molecule has 0 spiro atoms. The van der Waals surface area contributed by atoms with Crippen LogP contribution in [0.15, 0.2) is 28.2 Å². The molecule has 0 aliphatic heterocycles. The lowest BCUT2D eigenvalue weighted by atomic mass is 9.95. The molecule has 3 rings (SSSR count). The van der Waals surface area contributed by atoms with Crippen molar-refractivity contribution in [3.8, 4) is 0 Å². The minimum absolute atomic E-state index is 0.0291. The van der Waals surface area contributed by atoms with Gasteiger partial charge >= 0.3 is 0 Å². The molecular formula is C17H21NO3S. The summed E-state index contributed by atoms with van der Waals surface area (Å²) in [4.78, 5) is 13.8. The number of fused-ring (bicyclic) bond motifs is 1. The number of nitrogens with one attached hydrogen (secondary N) is 1. The highest BCUT2D eigenvalue weighted by Gasteiger charge is 2.22. The fourth-order valence-corrected chi connectivity index (χ4v) is 4.10. The second-order valence-electron chi connectivity index (χ2n) is 5.90. The first kappa shape index (κ1) is 15.3. The van der Waals surface area contributed by atoms with Crippen LogP contribution < -0.4 is 5.32 Å². The first-order valence-electron chi connectivity index (χ1n) is 7.76. The number of carbonyl (C=O) groups excluding carboxylic acids is 1. The van der Waals surface area contributed by atoms with Crippen LogP contribution in [0.4, 0.5) is 0 Å². The molecule has 2 N–H and O–H groups in total. The quantitative estimate of drug-likeness (QED) is 0.887. The fourth-order valence-electron chi connectivity index (χ4n) is 2.98. The van der Waals surface area contributed by atoms with Crippen LogP contribution in [-0.2, 0) is 12.8 Å². The van der Waals surface area contributed by atoms with Crippen molar-refractivity contribution in [3.63, 3.8) is 0 Å². The second kappa shape index (κ2) is 6.67. The topological polar surface area (TPSA) is 62.5 Å². The molecule has 5 heteroatoms. The Balaban J connectivity index is 1.60. The van der Waals surface area contributed by atoms with Crippen LogP contribution in [0.2, 0.25) is 0 Å². The van der Waals surface area contributed by atoms with Gasteiger partial charge in [0, 0.05) is 22.7 Å². The van der Waals surface area contributed by atoms with E-state index < -0.39 is 6.10 Å². The van der Waals surface area contributed by atoms with Crippen molar-refractivity contribution in [1.29, 1.82) is 0 Å². The molecule has 118 valence electrons. The summed E-state index contributed by atoms with van der Waals surface area (Å²) in [6, 6.07) is 3.38. The van der Waals surface area contributed by atoms with E-state index in [9.17, 15) is 9.90 Å². The summed E-state index contributed by atoms with van der Waals surface area (Å²) in [6.45, 7) is 1.91. The number of rotatable bonds is 5. The van der Waals surface area contributed by atoms with Gasteiger partial charge in [-0.25, -0.2) is 0 Å². The van der Waals surface area contributed by atoms with Crippen molar-refractivity contribution in [3.05, 3.63) is 45.5 Å². The average Bonchev–Trinajstić information content (AvgIpc) is 3.16. The van der Waals surface area contributed by atoms with Gasteiger partial charge in [-0.1, -0.05) is 0 Å². The Kier molecular flexibility index (Phi) is 4.64. The van der Waals surface area contributed by atoms with Gasteiger partial charge in [0.1, 0.15) is 11.9 Å². The molecular weight excluding hydrogens is 298 g/mol. The average molecular weight is 319 g/mol. The Labute approximate surface area is 134 Å². The molecule has 0 radical (unpaired) electrons. The van der Waals surface area contributed by atoms with E-state index in [4.69, 9.17) is 4.42 Å². The molecule has 2 heterocycles. The number of hydrogen-bond donors (Lipinski definition) is 2. The van der Waals surface area contributed by atoms with E-state index in [1.165, 1.54) is 16.9 Å². The molecule has 0 saturated carbocycles. The lowest BCUT2D eigenvalue weighted by Crippen LogP contribution is -2.34. The maximum absolute atomic E-state index is 12.4. The third-order valence-corrected chi connectivity index (χ3v) is 5.22. The van der Waals surface area contributed by atoms with Gasteiger partial charge in [-0.3, -0.25) is 4.79 Å². The second-order valence-corrected chi connectivity index (χ2v) is 6.86. The lowest BCUT2D eigenvalue weighted by molar-refractivity contribution is 0.0902.